The summed E-state index contributed by atoms with van der Waals surface area (Å²) in [6.07, 6.45) is 2.44. The lowest BCUT2D eigenvalue weighted by molar-refractivity contribution is 0.135. The monoisotopic (exact) mass is 214 g/mol. The Morgan fingerprint density at radius 3 is 2.53 bits per heavy atom. The Kier molecular flexibility index (Phi) is 4.15. The zero-order valence-electron chi connectivity index (χ0n) is 10.5. The van der Waals surface area contributed by atoms with Crippen molar-refractivity contribution in [3.05, 3.63) is 0 Å². The molecular formula is C12H26N2O. The topological polar surface area (TPSA) is 49.5 Å². The fraction of sp³-hybridized carbons (Fsp3) is 1.00. The van der Waals surface area contributed by atoms with Crippen molar-refractivity contribution < 1.29 is 5.11 Å². The van der Waals surface area contributed by atoms with E-state index in [-0.39, 0.29) is 18.1 Å². The highest BCUT2D eigenvalue weighted by molar-refractivity contribution is 4.95. The van der Waals surface area contributed by atoms with Crippen LogP contribution in [-0.2, 0) is 0 Å². The average molecular weight is 214 g/mol. The van der Waals surface area contributed by atoms with Gasteiger partial charge in [0.15, 0.2) is 0 Å². The van der Waals surface area contributed by atoms with Crippen LogP contribution in [-0.4, -0.2) is 42.3 Å². The van der Waals surface area contributed by atoms with Crippen molar-refractivity contribution in [2.24, 2.45) is 17.1 Å². The molecular weight excluding hydrogens is 188 g/mol. The predicted molar refractivity (Wildman–Crippen MR) is 63.7 cm³/mol. The normalized spacial score (nSPS) is 32.2. The Hall–Kier alpha value is -0.120. The minimum Gasteiger partial charge on any atom is -0.395 e. The van der Waals surface area contributed by atoms with Crippen LogP contribution >= 0.6 is 0 Å². The van der Waals surface area contributed by atoms with Gasteiger partial charge in [0.05, 0.1) is 6.61 Å². The van der Waals surface area contributed by atoms with Crippen LogP contribution in [0.4, 0.5) is 0 Å². The van der Waals surface area contributed by atoms with Crippen molar-refractivity contribution in [3.63, 3.8) is 0 Å². The van der Waals surface area contributed by atoms with Gasteiger partial charge in [-0.15, -0.1) is 0 Å². The summed E-state index contributed by atoms with van der Waals surface area (Å²) < 4.78 is 0. The van der Waals surface area contributed by atoms with Gasteiger partial charge in [0, 0.05) is 18.6 Å². The molecule has 1 aliphatic carbocycles. The number of hydrogen-bond acceptors (Lipinski definition) is 3. The van der Waals surface area contributed by atoms with Crippen LogP contribution in [0.1, 0.15) is 33.6 Å². The van der Waals surface area contributed by atoms with Crippen molar-refractivity contribution in [3.8, 4) is 0 Å². The van der Waals surface area contributed by atoms with Crippen LogP contribution < -0.4 is 5.73 Å². The third-order valence-electron chi connectivity index (χ3n) is 4.11. The van der Waals surface area contributed by atoms with Crippen LogP contribution in [0.5, 0.6) is 0 Å². The second kappa shape index (κ2) is 4.81. The van der Waals surface area contributed by atoms with Gasteiger partial charge in [-0.2, -0.15) is 0 Å². The second-order valence-electron chi connectivity index (χ2n) is 5.78. The van der Waals surface area contributed by atoms with E-state index in [2.05, 4.69) is 25.8 Å². The number of aliphatic hydroxyl groups is 1. The van der Waals surface area contributed by atoms with E-state index >= 15 is 0 Å². The molecule has 0 aromatic rings. The summed E-state index contributed by atoms with van der Waals surface area (Å²) in [6, 6.07) is 0.534. The Morgan fingerprint density at radius 2 is 2.13 bits per heavy atom. The molecule has 90 valence electrons. The smallest absolute Gasteiger partial charge is 0.0584 e. The highest BCUT2D eigenvalue weighted by Crippen LogP contribution is 2.40. The molecule has 0 aromatic heterocycles. The Balaban J connectivity index is 2.47. The summed E-state index contributed by atoms with van der Waals surface area (Å²) in [6.45, 7) is 7.79. The fourth-order valence-electron chi connectivity index (χ4n) is 2.44. The van der Waals surface area contributed by atoms with Gasteiger partial charge in [-0.1, -0.05) is 13.8 Å². The number of aliphatic hydroxyl groups excluding tert-OH is 1. The van der Waals surface area contributed by atoms with Crippen molar-refractivity contribution >= 4 is 0 Å². The molecule has 0 amide bonds. The van der Waals surface area contributed by atoms with Crippen LogP contribution in [0.3, 0.4) is 0 Å². The Bertz CT molecular complexity index is 206. The van der Waals surface area contributed by atoms with Crippen molar-refractivity contribution in [2.45, 2.75) is 45.7 Å². The first-order valence-electron chi connectivity index (χ1n) is 5.95. The average Bonchev–Trinajstić information content (AvgIpc) is 2.44. The highest BCUT2D eigenvalue weighted by atomic mass is 16.3. The molecule has 3 N–H and O–H groups in total. The molecule has 3 unspecified atom stereocenters. The van der Waals surface area contributed by atoms with Gasteiger partial charge in [0.1, 0.15) is 0 Å². The maximum Gasteiger partial charge on any atom is 0.0584 e. The third-order valence-corrected chi connectivity index (χ3v) is 4.11. The standard InChI is InChI=1S/C12H26N2O/c1-9(8-15)14(4)7-10-5-6-12(2,3)11(10)13/h9-11,15H,5-8,13H2,1-4H3. The van der Waals surface area contributed by atoms with Gasteiger partial charge in [-0.25, -0.2) is 0 Å². The van der Waals surface area contributed by atoms with Gasteiger partial charge in [0.25, 0.3) is 0 Å². The van der Waals surface area contributed by atoms with Crippen LogP contribution in [0.25, 0.3) is 0 Å². The number of nitrogens with two attached hydrogens (primary N) is 1. The molecule has 3 heteroatoms. The minimum absolute atomic E-state index is 0.224. The van der Waals surface area contributed by atoms with Crippen LogP contribution in [0, 0.1) is 11.3 Å². The molecule has 1 aliphatic rings. The lowest BCUT2D eigenvalue weighted by Gasteiger charge is -2.31. The number of rotatable bonds is 4. The SMILES string of the molecule is CC(CO)N(C)CC1CCC(C)(C)C1N. The van der Waals surface area contributed by atoms with E-state index in [1.165, 1.54) is 12.8 Å². The summed E-state index contributed by atoms with van der Waals surface area (Å²) >= 11 is 0. The van der Waals surface area contributed by atoms with Crippen LogP contribution in [0.15, 0.2) is 0 Å². The molecule has 1 fully saturated rings. The Morgan fingerprint density at radius 1 is 1.53 bits per heavy atom. The van der Waals surface area contributed by atoms with E-state index in [9.17, 15) is 0 Å². The third kappa shape index (κ3) is 2.92. The summed E-state index contributed by atoms with van der Waals surface area (Å²) in [5.74, 6) is 0.582. The van der Waals surface area contributed by atoms with Gasteiger partial charge >= 0.3 is 0 Å². The van der Waals surface area contributed by atoms with E-state index in [0.717, 1.165) is 6.54 Å². The molecule has 0 radical (unpaired) electrons. The van der Waals surface area contributed by atoms with Gasteiger partial charge in [-0.05, 0) is 38.1 Å². The van der Waals surface area contributed by atoms with Gasteiger partial charge in [0.2, 0.25) is 0 Å². The molecule has 15 heavy (non-hydrogen) atoms. The lowest BCUT2D eigenvalue weighted by atomic mass is 9.85. The lowest BCUT2D eigenvalue weighted by Crippen LogP contribution is -2.43. The van der Waals surface area contributed by atoms with E-state index in [0.29, 0.717) is 12.0 Å². The van der Waals surface area contributed by atoms with Gasteiger partial charge in [-0.3, -0.25) is 0 Å². The first-order chi connectivity index (χ1) is 6.88. The van der Waals surface area contributed by atoms with Crippen molar-refractivity contribution in [1.82, 2.24) is 4.90 Å². The molecule has 0 spiro atoms. The molecule has 0 aliphatic heterocycles. The number of likely N-dealkylation sites (N-methyl/N-ethyl adjacent to an activating group) is 1. The summed E-state index contributed by atoms with van der Waals surface area (Å²) in [7, 11) is 2.07. The van der Waals surface area contributed by atoms with Crippen molar-refractivity contribution in [1.29, 1.82) is 0 Å². The van der Waals surface area contributed by atoms with Gasteiger partial charge < -0.3 is 15.7 Å². The van der Waals surface area contributed by atoms with E-state index in [1.807, 2.05) is 6.92 Å². The van der Waals surface area contributed by atoms with Crippen molar-refractivity contribution in [2.75, 3.05) is 20.2 Å². The Labute approximate surface area is 93.6 Å². The molecule has 1 saturated carbocycles. The first-order valence-corrected chi connectivity index (χ1v) is 5.95. The first kappa shape index (κ1) is 12.9. The van der Waals surface area contributed by atoms with E-state index in [4.69, 9.17) is 10.8 Å². The van der Waals surface area contributed by atoms with Crippen LogP contribution in [0.2, 0.25) is 0 Å². The molecule has 1 rings (SSSR count). The second-order valence-corrected chi connectivity index (χ2v) is 5.78. The quantitative estimate of drug-likeness (QED) is 0.736. The summed E-state index contributed by atoms with van der Waals surface area (Å²) in [4.78, 5) is 2.21. The number of hydrogen-bond donors (Lipinski definition) is 2. The molecule has 0 heterocycles. The molecule has 0 saturated heterocycles. The maximum absolute atomic E-state index is 9.07. The highest BCUT2D eigenvalue weighted by Gasteiger charge is 2.39. The molecule has 3 nitrogen and oxygen atoms in total. The molecule has 0 bridgehead atoms. The van der Waals surface area contributed by atoms with E-state index in [1.54, 1.807) is 0 Å². The predicted octanol–water partition coefficient (Wildman–Crippen LogP) is 1.06. The largest absolute Gasteiger partial charge is 0.395 e. The summed E-state index contributed by atoms with van der Waals surface area (Å²) in [5.41, 5.74) is 6.54. The molecule has 0 aromatic carbocycles. The number of nitrogens with zero attached hydrogens (tertiary/aromatic N) is 1. The maximum atomic E-state index is 9.07. The van der Waals surface area contributed by atoms with E-state index < -0.39 is 0 Å². The molecule has 3 atom stereocenters. The zero-order valence-corrected chi connectivity index (χ0v) is 10.5. The summed E-state index contributed by atoms with van der Waals surface area (Å²) in [5, 5.41) is 9.07. The zero-order chi connectivity index (χ0) is 11.6. The minimum atomic E-state index is 0.224. The fourth-order valence-corrected chi connectivity index (χ4v) is 2.44.